The number of aromatic nitrogens is 1. The van der Waals surface area contributed by atoms with Crippen molar-refractivity contribution in [3.8, 4) is 0 Å². The highest BCUT2D eigenvalue weighted by atomic mass is 79.9. The van der Waals surface area contributed by atoms with E-state index >= 15 is 0 Å². The van der Waals surface area contributed by atoms with Crippen LogP contribution in [0.1, 0.15) is 11.5 Å². The zero-order chi connectivity index (χ0) is 13.4. The van der Waals surface area contributed by atoms with Crippen molar-refractivity contribution in [2.24, 2.45) is 0 Å². The van der Waals surface area contributed by atoms with Crippen LogP contribution in [0.5, 0.6) is 0 Å². The molecular formula is C14H10BrClN2O. The predicted octanol–water partition coefficient (Wildman–Crippen LogP) is 4.42. The van der Waals surface area contributed by atoms with Crippen LogP contribution in [0.15, 0.2) is 45.3 Å². The first-order valence-electron chi connectivity index (χ1n) is 5.71. The van der Waals surface area contributed by atoms with Crippen LogP contribution < -0.4 is 5.73 Å². The molecule has 0 saturated heterocycles. The van der Waals surface area contributed by atoms with Crippen molar-refractivity contribution in [3.63, 3.8) is 0 Å². The number of anilines is 1. The Labute approximate surface area is 123 Å². The van der Waals surface area contributed by atoms with E-state index in [4.69, 9.17) is 21.8 Å². The van der Waals surface area contributed by atoms with E-state index in [9.17, 15) is 0 Å². The number of fused-ring (bicyclic) bond motifs is 1. The minimum atomic E-state index is 0.547. The predicted molar refractivity (Wildman–Crippen MR) is 80.4 cm³/mol. The second-order valence-electron chi connectivity index (χ2n) is 4.22. The second-order valence-corrected chi connectivity index (χ2v) is 5.54. The number of oxazole rings is 1. The van der Waals surface area contributed by atoms with Gasteiger partial charge in [-0.1, -0.05) is 45.7 Å². The van der Waals surface area contributed by atoms with Gasteiger partial charge in [-0.25, -0.2) is 4.98 Å². The fourth-order valence-corrected chi connectivity index (χ4v) is 2.62. The molecule has 0 fully saturated rings. The summed E-state index contributed by atoms with van der Waals surface area (Å²) in [5.74, 6) is 0.605. The highest BCUT2D eigenvalue weighted by Gasteiger charge is 2.11. The van der Waals surface area contributed by atoms with Gasteiger partial charge >= 0.3 is 0 Å². The number of nitrogens with zero attached hydrogens (tertiary/aromatic N) is 1. The van der Waals surface area contributed by atoms with Gasteiger partial charge in [0.15, 0.2) is 11.5 Å². The van der Waals surface area contributed by atoms with Crippen molar-refractivity contribution in [1.82, 2.24) is 4.98 Å². The monoisotopic (exact) mass is 336 g/mol. The highest BCUT2D eigenvalue weighted by molar-refractivity contribution is 9.10. The molecule has 0 bridgehead atoms. The Morgan fingerprint density at radius 2 is 2.05 bits per heavy atom. The molecule has 3 nitrogen and oxygen atoms in total. The molecule has 0 spiro atoms. The summed E-state index contributed by atoms with van der Waals surface area (Å²) in [5, 5.41) is 0.707. The number of nitrogens with two attached hydrogens (primary N) is 1. The Balaban J connectivity index is 2.03. The average molecular weight is 338 g/mol. The van der Waals surface area contributed by atoms with E-state index in [2.05, 4.69) is 20.9 Å². The van der Waals surface area contributed by atoms with Crippen molar-refractivity contribution in [2.45, 2.75) is 6.42 Å². The summed E-state index contributed by atoms with van der Waals surface area (Å²) in [5.41, 5.74) is 8.82. The molecule has 0 radical (unpaired) electrons. The third kappa shape index (κ3) is 2.46. The molecule has 5 heteroatoms. The molecule has 3 rings (SSSR count). The van der Waals surface area contributed by atoms with Crippen molar-refractivity contribution in [1.29, 1.82) is 0 Å². The fraction of sp³-hybridized carbons (Fsp3) is 0.0714. The van der Waals surface area contributed by atoms with Crippen LogP contribution in [0.3, 0.4) is 0 Å². The van der Waals surface area contributed by atoms with Crippen molar-refractivity contribution >= 4 is 44.3 Å². The number of benzene rings is 2. The van der Waals surface area contributed by atoms with Gasteiger partial charge in [0.05, 0.1) is 12.1 Å². The molecule has 0 aliphatic carbocycles. The van der Waals surface area contributed by atoms with E-state index in [-0.39, 0.29) is 0 Å². The van der Waals surface area contributed by atoms with Gasteiger partial charge in [-0.2, -0.15) is 0 Å². The Morgan fingerprint density at radius 3 is 2.84 bits per heavy atom. The lowest BCUT2D eigenvalue weighted by atomic mass is 10.1. The summed E-state index contributed by atoms with van der Waals surface area (Å²) in [4.78, 5) is 4.44. The Morgan fingerprint density at radius 1 is 1.26 bits per heavy atom. The smallest absolute Gasteiger partial charge is 0.200 e. The summed E-state index contributed by atoms with van der Waals surface area (Å²) in [6.45, 7) is 0. The maximum Gasteiger partial charge on any atom is 0.200 e. The third-order valence-corrected chi connectivity index (χ3v) is 3.65. The molecule has 0 aliphatic heterocycles. The Bertz CT molecular complexity index is 754. The number of nitrogen functional groups attached to an aromatic ring is 1. The molecule has 2 aromatic carbocycles. The van der Waals surface area contributed by atoms with Gasteiger partial charge in [-0.05, 0) is 23.8 Å². The zero-order valence-electron chi connectivity index (χ0n) is 9.86. The normalized spacial score (nSPS) is 11.1. The van der Waals surface area contributed by atoms with Crippen LogP contribution in [-0.2, 0) is 6.42 Å². The SMILES string of the molecule is Nc1cc(Br)cc2nc(Cc3ccccc3Cl)oc12. The molecular weight excluding hydrogens is 328 g/mol. The molecule has 0 saturated carbocycles. The molecule has 1 heterocycles. The molecule has 2 N–H and O–H groups in total. The van der Waals surface area contributed by atoms with Crippen LogP contribution >= 0.6 is 27.5 Å². The van der Waals surface area contributed by atoms with Crippen LogP contribution in [0.25, 0.3) is 11.1 Å². The number of halogens is 2. The van der Waals surface area contributed by atoms with Crippen molar-refractivity contribution in [3.05, 3.63) is 57.3 Å². The van der Waals surface area contributed by atoms with E-state index in [0.717, 1.165) is 15.6 Å². The Hall–Kier alpha value is -1.52. The first-order valence-corrected chi connectivity index (χ1v) is 6.88. The summed E-state index contributed by atoms with van der Waals surface area (Å²) in [6, 6.07) is 11.3. The third-order valence-electron chi connectivity index (χ3n) is 2.83. The molecule has 0 aliphatic rings. The maximum atomic E-state index is 6.13. The van der Waals surface area contributed by atoms with Gasteiger partial charge in [0.1, 0.15) is 5.52 Å². The molecule has 0 unspecified atom stereocenters. The van der Waals surface area contributed by atoms with E-state index in [1.807, 2.05) is 30.3 Å². The summed E-state index contributed by atoms with van der Waals surface area (Å²) >= 11 is 9.52. The van der Waals surface area contributed by atoms with E-state index in [1.54, 1.807) is 6.07 Å². The van der Waals surface area contributed by atoms with E-state index < -0.39 is 0 Å². The van der Waals surface area contributed by atoms with Crippen molar-refractivity contribution < 1.29 is 4.42 Å². The highest BCUT2D eigenvalue weighted by Crippen LogP contribution is 2.28. The van der Waals surface area contributed by atoms with Gasteiger partial charge in [0.2, 0.25) is 0 Å². The summed E-state index contributed by atoms with van der Waals surface area (Å²) in [6.07, 6.45) is 0.547. The fourth-order valence-electron chi connectivity index (χ4n) is 1.95. The second kappa shape index (κ2) is 4.87. The quantitative estimate of drug-likeness (QED) is 0.704. The molecule has 0 atom stereocenters. The van der Waals surface area contributed by atoms with Crippen molar-refractivity contribution in [2.75, 3.05) is 5.73 Å². The lowest BCUT2D eigenvalue weighted by Crippen LogP contribution is -1.88. The first-order chi connectivity index (χ1) is 9.13. The van der Waals surface area contributed by atoms with Gasteiger partial charge in [0, 0.05) is 9.50 Å². The average Bonchev–Trinajstić information content (AvgIpc) is 2.75. The number of hydrogen-bond donors (Lipinski definition) is 1. The van der Waals surface area contributed by atoms with E-state index in [1.165, 1.54) is 0 Å². The summed E-state index contributed by atoms with van der Waals surface area (Å²) in [7, 11) is 0. The molecule has 1 aromatic heterocycles. The van der Waals surface area contributed by atoms with Crippen LogP contribution in [0, 0.1) is 0 Å². The lowest BCUT2D eigenvalue weighted by molar-refractivity contribution is 0.545. The minimum absolute atomic E-state index is 0.547. The van der Waals surface area contributed by atoms with Gasteiger partial charge in [-0.3, -0.25) is 0 Å². The van der Waals surface area contributed by atoms with Gasteiger partial charge < -0.3 is 10.2 Å². The molecule has 19 heavy (non-hydrogen) atoms. The van der Waals surface area contributed by atoms with E-state index in [0.29, 0.717) is 28.6 Å². The number of rotatable bonds is 2. The molecule has 96 valence electrons. The van der Waals surface area contributed by atoms with Crippen LogP contribution in [0.2, 0.25) is 5.02 Å². The minimum Gasteiger partial charge on any atom is -0.438 e. The topological polar surface area (TPSA) is 52.0 Å². The maximum absolute atomic E-state index is 6.13. The zero-order valence-corrected chi connectivity index (χ0v) is 12.2. The van der Waals surface area contributed by atoms with Gasteiger partial charge in [0.25, 0.3) is 0 Å². The number of hydrogen-bond acceptors (Lipinski definition) is 3. The summed E-state index contributed by atoms with van der Waals surface area (Å²) < 4.78 is 6.58. The standard InChI is InChI=1S/C14H10BrClN2O/c15-9-6-11(17)14-12(7-9)18-13(19-14)5-8-3-1-2-4-10(8)16/h1-4,6-7H,5,17H2. The van der Waals surface area contributed by atoms with Gasteiger partial charge in [-0.15, -0.1) is 0 Å². The van der Waals surface area contributed by atoms with Crippen LogP contribution in [-0.4, -0.2) is 4.98 Å². The molecule has 3 aromatic rings. The lowest BCUT2D eigenvalue weighted by Gasteiger charge is -1.99. The first kappa shape index (κ1) is 12.5. The largest absolute Gasteiger partial charge is 0.438 e. The Kier molecular flexibility index (Phi) is 3.21. The molecule has 0 amide bonds. The van der Waals surface area contributed by atoms with Crippen LogP contribution in [0.4, 0.5) is 5.69 Å².